The number of anilines is 1. The van der Waals surface area contributed by atoms with Crippen molar-refractivity contribution in [2.45, 2.75) is 6.92 Å². The summed E-state index contributed by atoms with van der Waals surface area (Å²) in [5, 5.41) is 9.21. The van der Waals surface area contributed by atoms with Crippen LogP contribution in [0.2, 0.25) is 0 Å². The second-order valence-corrected chi connectivity index (χ2v) is 4.62. The van der Waals surface area contributed by atoms with Gasteiger partial charge in [0, 0.05) is 7.05 Å². The average Bonchev–Trinajstić information content (AvgIpc) is 2.54. The van der Waals surface area contributed by atoms with E-state index in [1.165, 1.54) is 17.0 Å². The molecule has 2 aromatic carbocycles. The first-order valence-corrected chi connectivity index (χ1v) is 6.88. The molecule has 22 heavy (non-hydrogen) atoms. The molecule has 114 valence electrons. The standard InChI is InChI=1S/C17H17NO4/c1-3-22-15-11-7-6-10-14(15)18(2)16(19)12-8-4-5-9-13(12)17(20)21/h4-11H,3H2,1-2H3,(H,20,21). The third kappa shape index (κ3) is 3.09. The number of amides is 1. The highest BCUT2D eigenvalue weighted by Crippen LogP contribution is 2.28. The average molecular weight is 299 g/mol. The predicted octanol–water partition coefficient (Wildman–Crippen LogP) is 3.06. The van der Waals surface area contributed by atoms with Crippen molar-refractivity contribution in [3.63, 3.8) is 0 Å². The molecule has 0 aromatic heterocycles. The van der Waals surface area contributed by atoms with Gasteiger partial charge in [0.05, 0.1) is 23.4 Å². The molecule has 2 rings (SSSR count). The number of hydrogen-bond acceptors (Lipinski definition) is 3. The van der Waals surface area contributed by atoms with E-state index in [4.69, 9.17) is 4.74 Å². The van der Waals surface area contributed by atoms with Crippen molar-refractivity contribution in [1.29, 1.82) is 0 Å². The number of carbonyl (C=O) groups excluding carboxylic acids is 1. The predicted molar refractivity (Wildman–Crippen MR) is 83.7 cm³/mol. The summed E-state index contributed by atoms with van der Waals surface area (Å²) in [7, 11) is 1.60. The van der Waals surface area contributed by atoms with Gasteiger partial charge in [-0.3, -0.25) is 4.79 Å². The lowest BCUT2D eigenvalue weighted by atomic mass is 10.1. The number of carbonyl (C=O) groups is 2. The minimum atomic E-state index is -1.13. The molecule has 0 aliphatic heterocycles. The summed E-state index contributed by atoms with van der Waals surface area (Å²) >= 11 is 0. The third-order valence-corrected chi connectivity index (χ3v) is 3.22. The maximum Gasteiger partial charge on any atom is 0.336 e. The molecule has 0 radical (unpaired) electrons. The van der Waals surface area contributed by atoms with Gasteiger partial charge < -0.3 is 14.7 Å². The highest BCUT2D eigenvalue weighted by atomic mass is 16.5. The van der Waals surface area contributed by atoms with Gasteiger partial charge in [0.25, 0.3) is 5.91 Å². The second-order valence-electron chi connectivity index (χ2n) is 4.62. The lowest BCUT2D eigenvalue weighted by Gasteiger charge is -2.21. The Morgan fingerprint density at radius 3 is 2.27 bits per heavy atom. The summed E-state index contributed by atoms with van der Waals surface area (Å²) < 4.78 is 5.51. The van der Waals surface area contributed by atoms with Crippen molar-refractivity contribution in [2.75, 3.05) is 18.6 Å². The smallest absolute Gasteiger partial charge is 0.336 e. The Kier molecular flexibility index (Phi) is 4.78. The number of hydrogen-bond donors (Lipinski definition) is 1. The molecular weight excluding hydrogens is 282 g/mol. The van der Waals surface area contributed by atoms with Crippen LogP contribution < -0.4 is 9.64 Å². The van der Waals surface area contributed by atoms with Crippen LogP contribution in [0.15, 0.2) is 48.5 Å². The fourth-order valence-electron chi connectivity index (χ4n) is 2.16. The lowest BCUT2D eigenvalue weighted by Crippen LogP contribution is -2.28. The number of carboxylic acids is 1. The summed E-state index contributed by atoms with van der Waals surface area (Å²) in [6.07, 6.45) is 0. The van der Waals surface area contributed by atoms with Gasteiger partial charge in [-0.25, -0.2) is 4.79 Å². The number of ether oxygens (including phenoxy) is 1. The number of benzene rings is 2. The first kappa shape index (κ1) is 15.6. The normalized spacial score (nSPS) is 10.1. The Hall–Kier alpha value is -2.82. The number of rotatable bonds is 5. The van der Waals surface area contributed by atoms with Crippen molar-refractivity contribution in [1.82, 2.24) is 0 Å². The first-order chi connectivity index (χ1) is 10.6. The van der Waals surface area contributed by atoms with E-state index in [0.717, 1.165) is 0 Å². The molecular formula is C17H17NO4. The van der Waals surface area contributed by atoms with Gasteiger partial charge in [-0.05, 0) is 31.2 Å². The van der Waals surface area contributed by atoms with Crippen LogP contribution in [0.3, 0.4) is 0 Å². The largest absolute Gasteiger partial charge is 0.492 e. The quantitative estimate of drug-likeness (QED) is 0.921. The van der Waals surface area contributed by atoms with Gasteiger partial charge in [-0.15, -0.1) is 0 Å². The SMILES string of the molecule is CCOc1ccccc1N(C)C(=O)c1ccccc1C(=O)O. The zero-order valence-corrected chi connectivity index (χ0v) is 12.4. The first-order valence-electron chi connectivity index (χ1n) is 6.88. The van der Waals surface area contributed by atoms with E-state index in [9.17, 15) is 14.7 Å². The van der Waals surface area contributed by atoms with Crippen molar-refractivity contribution < 1.29 is 19.4 Å². The molecule has 0 spiro atoms. The van der Waals surface area contributed by atoms with Crippen LogP contribution in [-0.2, 0) is 0 Å². The Morgan fingerprint density at radius 2 is 1.64 bits per heavy atom. The van der Waals surface area contributed by atoms with Crippen molar-refractivity contribution in [3.8, 4) is 5.75 Å². The molecule has 0 atom stereocenters. The fraction of sp³-hybridized carbons (Fsp3) is 0.176. The summed E-state index contributed by atoms with van der Waals surface area (Å²) in [4.78, 5) is 25.3. The minimum absolute atomic E-state index is 0.0201. The summed E-state index contributed by atoms with van der Waals surface area (Å²) in [5.74, 6) is -0.950. The summed E-state index contributed by atoms with van der Waals surface area (Å²) in [6, 6.07) is 13.3. The Labute approximate surface area is 128 Å². The second kappa shape index (κ2) is 6.76. The van der Waals surface area contributed by atoms with E-state index in [1.807, 2.05) is 13.0 Å². The molecule has 0 saturated heterocycles. The zero-order valence-electron chi connectivity index (χ0n) is 12.4. The van der Waals surface area contributed by atoms with Crippen molar-refractivity contribution in [3.05, 3.63) is 59.7 Å². The van der Waals surface area contributed by atoms with Crippen LogP contribution in [0, 0.1) is 0 Å². The van der Waals surface area contributed by atoms with Crippen molar-refractivity contribution >= 4 is 17.6 Å². The van der Waals surface area contributed by atoms with E-state index in [-0.39, 0.29) is 11.1 Å². The van der Waals surface area contributed by atoms with Gasteiger partial charge in [-0.1, -0.05) is 24.3 Å². The minimum Gasteiger partial charge on any atom is -0.492 e. The molecule has 0 unspecified atom stereocenters. The van der Waals surface area contributed by atoms with Gasteiger partial charge in [-0.2, -0.15) is 0 Å². The van der Waals surface area contributed by atoms with E-state index in [2.05, 4.69) is 0 Å². The molecule has 1 amide bonds. The fourth-order valence-corrected chi connectivity index (χ4v) is 2.16. The Morgan fingerprint density at radius 1 is 1.05 bits per heavy atom. The lowest BCUT2D eigenvalue weighted by molar-refractivity contribution is 0.0692. The molecule has 5 heteroatoms. The van der Waals surface area contributed by atoms with Crippen LogP contribution in [0.25, 0.3) is 0 Å². The van der Waals surface area contributed by atoms with Gasteiger partial charge in [0.1, 0.15) is 5.75 Å². The van der Waals surface area contributed by atoms with Crippen molar-refractivity contribution in [2.24, 2.45) is 0 Å². The van der Waals surface area contributed by atoms with Crippen LogP contribution in [0.5, 0.6) is 5.75 Å². The van der Waals surface area contributed by atoms with Gasteiger partial charge in [0.2, 0.25) is 0 Å². The van der Waals surface area contributed by atoms with Gasteiger partial charge >= 0.3 is 5.97 Å². The Bertz CT molecular complexity index is 697. The topological polar surface area (TPSA) is 66.8 Å². The summed E-state index contributed by atoms with van der Waals surface area (Å²) in [5.41, 5.74) is 0.714. The number of nitrogens with zero attached hydrogens (tertiary/aromatic N) is 1. The molecule has 0 saturated carbocycles. The van der Waals surface area contributed by atoms with Crippen LogP contribution in [0.4, 0.5) is 5.69 Å². The zero-order chi connectivity index (χ0) is 16.1. The summed E-state index contributed by atoms with van der Waals surface area (Å²) in [6.45, 7) is 2.34. The molecule has 2 aromatic rings. The van der Waals surface area contributed by atoms with Crippen LogP contribution in [0.1, 0.15) is 27.6 Å². The van der Waals surface area contributed by atoms with E-state index in [0.29, 0.717) is 18.0 Å². The van der Waals surface area contributed by atoms with E-state index >= 15 is 0 Å². The molecule has 0 bridgehead atoms. The highest BCUT2D eigenvalue weighted by Gasteiger charge is 2.21. The third-order valence-electron chi connectivity index (χ3n) is 3.22. The molecule has 0 aliphatic carbocycles. The number of aromatic carboxylic acids is 1. The molecule has 5 nitrogen and oxygen atoms in total. The maximum absolute atomic E-state index is 12.6. The molecule has 0 fully saturated rings. The molecule has 1 N–H and O–H groups in total. The number of para-hydroxylation sites is 2. The molecule has 0 aliphatic rings. The van der Waals surface area contributed by atoms with Crippen LogP contribution in [-0.4, -0.2) is 30.6 Å². The van der Waals surface area contributed by atoms with E-state index < -0.39 is 11.9 Å². The highest BCUT2D eigenvalue weighted by molar-refractivity contribution is 6.12. The maximum atomic E-state index is 12.6. The van der Waals surface area contributed by atoms with E-state index in [1.54, 1.807) is 37.4 Å². The number of carboxylic acid groups (broad SMARTS) is 1. The Balaban J connectivity index is 2.40. The van der Waals surface area contributed by atoms with Crippen LogP contribution >= 0.6 is 0 Å². The molecule has 0 heterocycles. The van der Waals surface area contributed by atoms with Gasteiger partial charge in [0.15, 0.2) is 0 Å². The monoisotopic (exact) mass is 299 g/mol.